The van der Waals surface area contributed by atoms with Crippen LogP contribution in [0, 0.1) is 0 Å². The van der Waals surface area contributed by atoms with E-state index < -0.39 is 0 Å². The van der Waals surface area contributed by atoms with Crippen molar-refractivity contribution < 1.29 is 9.84 Å². The Morgan fingerprint density at radius 2 is 1.90 bits per heavy atom. The SMILES string of the molecule is COc1ccc(Cn2cc(CO)c3ccc(Cl)cc32)cc1. The fourth-order valence-corrected chi connectivity index (χ4v) is 2.69. The lowest BCUT2D eigenvalue weighted by molar-refractivity contribution is 0.283. The van der Waals surface area contributed by atoms with Gasteiger partial charge in [0.2, 0.25) is 0 Å². The standard InChI is InChI=1S/C17H16ClNO2/c1-21-15-5-2-12(3-6-15)9-19-10-13(11-20)16-7-4-14(18)8-17(16)19/h2-8,10,20H,9,11H2,1H3. The number of methoxy groups -OCH3 is 1. The largest absolute Gasteiger partial charge is 0.497 e. The van der Waals surface area contributed by atoms with E-state index in [4.69, 9.17) is 16.3 Å². The Labute approximate surface area is 128 Å². The van der Waals surface area contributed by atoms with Crippen LogP contribution in [0.15, 0.2) is 48.7 Å². The third-order valence-corrected chi connectivity index (χ3v) is 3.84. The maximum Gasteiger partial charge on any atom is 0.118 e. The third-order valence-electron chi connectivity index (χ3n) is 3.61. The first-order valence-corrected chi connectivity index (χ1v) is 7.10. The predicted molar refractivity (Wildman–Crippen MR) is 85.0 cm³/mol. The van der Waals surface area contributed by atoms with Crippen molar-refractivity contribution in [2.75, 3.05) is 7.11 Å². The highest BCUT2D eigenvalue weighted by Gasteiger charge is 2.09. The monoisotopic (exact) mass is 301 g/mol. The molecule has 108 valence electrons. The molecule has 3 aromatic rings. The Balaban J connectivity index is 2.00. The van der Waals surface area contributed by atoms with Gasteiger partial charge in [0.25, 0.3) is 0 Å². The molecule has 0 fully saturated rings. The Morgan fingerprint density at radius 3 is 2.57 bits per heavy atom. The molecule has 0 amide bonds. The summed E-state index contributed by atoms with van der Waals surface area (Å²) in [6.07, 6.45) is 1.98. The highest BCUT2D eigenvalue weighted by atomic mass is 35.5. The highest BCUT2D eigenvalue weighted by Crippen LogP contribution is 2.26. The van der Waals surface area contributed by atoms with Gasteiger partial charge in [0, 0.05) is 28.7 Å². The molecule has 21 heavy (non-hydrogen) atoms. The van der Waals surface area contributed by atoms with E-state index in [0.717, 1.165) is 34.3 Å². The number of benzene rings is 2. The number of aliphatic hydroxyl groups excluding tert-OH is 1. The summed E-state index contributed by atoms with van der Waals surface area (Å²) in [5.41, 5.74) is 3.11. The van der Waals surface area contributed by atoms with Gasteiger partial charge in [-0.3, -0.25) is 0 Å². The van der Waals surface area contributed by atoms with Crippen LogP contribution in [0.25, 0.3) is 10.9 Å². The van der Waals surface area contributed by atoms with Gasteiger partial charge in [-0.1, -0.05) is 29.8 Å². The normalized spacial score (nSPS) is 11.0. The second kappa shape index (κ2) is 5.80. The fourth-order valence-electron chi connectivity index (χ4n) is 2.53. The first kappa shape index (κ1) is 14.0. The van der Waals surface area contributed by atoms with Crippen molar-refractivity contribution >= 4 is 22.5 Å². The third kappa shape index (κ3) is 2.75. The van der Waals surface area contributed by atoms with Crippen molar-refractivity contribution in [1.82, 2.24) is 4.57 Å². The van der Waals surface area contributed by atoms with Crippen molar-refractivity contribution in [1.29, 1.82) is 0 Å². The molecular formula is C17H16ClNO2. The molecule has 0 atom stereocenters. The van der Waals surface area contributed by atoms with Crippen LogP contribution in [0.4, 0.5) is 0 Å². The van der Waals surface area contributed by atoms with Crippen molar-refractivity contribution in [3.05, 3.63) is 64.8 Å². The molecule has 0 radical (unpaired) electrons. The minimum absolute atomic E-state index is 0.0216. The van der Waals surface area contributed by atoms with Crippen LogP contribution in [0.1, 0.15) is 11.1 Å². The molecule has 3 rings (SSSR count). The first-order chi connectivity index (χ1) is 10.2. The zero-order valence-corrected chi connectivity index (χ0v) is 12.5. The predicted octanol–water partition coefficient (Wildman–Crippen LogP) is 3.84. The number of ether oxygens (including phenoxy) is 1. The second-order valence-electron chi connectivity index (χ2n) is 4.95. The van der Waals surface area contributed by atoms with Crippen molar-refractivity contribution in [3.63, 3.8) is 0 Å². The van der Waals surface area contributed by atoms with E-state index in [1.165, 1.54) is 0 Å². The number of aliphatic hydroxyl groups is 1. The number of fused-ring (bicyclic) bond motifs is 1. The van der Waals surface area contributed by atoms with Crippen molar-refractivity contribution in [2.45, 2.75) is 13.2 Å². The van der Waals surface area contributed by atoms with Gasteiger partial charge in [-0.25, -0.2) is 0 Å². The van der Waals surface area contributed by atoms with Gasteiger partial charge in [0.15, 0.2) is 0 Å². The molecule has 0 bridgehead atoms. The van der Waals surface area contributed by atoms with Crippen LogP contribution in [0.3, 0.4) is 0 Å². The van der Waals surface area contributed by atoms with E-state index in [0.29, 0.717) is 5.02 Å². The molecular weight excluding hydrogens is 286 g/mol. The van der Waals surface area contributed by atoms with Gasteiger partial charge in [-0.05, 0) is 29.8 Å². The maximum atomic E-state index is 9.49. The lowest BCUT2D eigenvalue weighted by atomic mass is 10.2. The zero-order valence-electron chi connectivity index (χ0n) is 11.7. The molecule has 3 nitrogen and oxygen atoms in total. The zero-order chi connectivity index (χ0) is 14.8. The van der Waals surface area contributed by atoms with Gasteiger partial charge in [0.1, 0.15) is 5.75 Å². The lowest BCUT2D eigenvalue weighted by Crippen LogP contribution is -1.98. The topological polar surface area (TPSA) is 34.4 Å². The van der Waals surface area contributed by atoms with Crippen LogP contribution in [0.5, 0.6) is 5.75 Å². The van der Waals surface area contributed by atoms with Gasteiger partial charge in [-0.2, -0.15) is 0 Å². The summed E-state index contributed by atoms with van der Waals surface area (Å²) in [6.45, 7) is 0.745. The molecule has 1 heterocycles. The minimum Gasteiger partial charge on any atom is -0.497 e. The second-order valence-corrected chi connectivity index (χ2v) is 5.39. The molecule has 1 aromatic heterocycles. The summed E-state index contributed by atoms with van der Waals surface area (Å²) in [7, 11) is 1.66. The van der Waals surface area contributed by atoms with E-state index in [2.05, 4.69) is 4.57 Å². The molecule has 1 N–H and O–H groups in total. The molecule has 0 saturated heterocycles. The van der Waals surface area contributed by atoms with Crippen LogP contribution in [-0.2, 0) is 13.2 Å². The molecule has 0 aliphatic heterocycles. The molecule has 2 aromatic carbocycles. The number of rotatable bonds is 4. The van der Waals surface area contributed by atoms with E-state index in [9.17, 15) is 5.11 Å². The van der Waals surface area contributed by atoms with E-state index >= 15 is 0 Å². The average molecular weight is 302 g/mol. The minimum atomic E-state index is 0.0216. The molecule has 0 unspecified atom stereocenters. The Bertz CT molecular complexity index is 762. The number of aromatic nitrogens is 1. The first-order valence-electron chi connectivity index (χ1n) is 6.72. The summed E-state index contributed by atoms with van der Waals surface area (Å²) >= 11 is 6.09. The van der Waals surface area contributed by atoms with Crippen LogP contribution < -0.4 is 4.74 Å². The quantitative estimate of drug-likeness (QED) is 0.794. The van der Waals surface area contributed by atoms with Gasteiger partial charge in [0.05, 0.1) is 19.2 Å². The Hall–Kier alpha value is -1.97. The summed E-state index contributed by atoms with van der Waals surface area (Å²) in [5, 5.41) is 11.2. The molecule has 0 aliphatic carbocycles. The molecule has 0 aliphatic rings. The summed E-state index contributed by atoms with van der Waals surface area (Å²) in [6, 6.07) is 13.7. The van der Waals surface area contributed by atoms with Crippen LogP contribution >= 0.6 is 11.6 Å². The smallest absolute Gasteiger partial charge is 0.118 e. The number of hydrogen-bond acceptors (Lipinski definition) is 2. The van der Waals surface area contributed by atoms with Gasteiger partial charge < -0.3 is 14.4 Å². The summed E-state index contributed by atoms with van der Waals surface area (Å²) in [5.74, 6) is 0.843. The van der Waals surface area contributed by atoms with Crippen LogP contribution in [-0.4, -0.2) is 16.8 Å². The highest BCUT2D eigenvalue weighted by molar-refractivity contribution is 6.31. The fraction of sp³-hybridized carbons (Fsp3) is 0.176. The molecule has 0 spiro atoms. The number of hydrogen-bond donors (Lipinski definition) is 1. The average Bonchev–Trinajstić information content (AvgIpc) is 2.85. The summed E-state index contributed by atoms with van der Waals surface area (Å²) < 4.78 is 7.28. The van der Waals surface area contributed by atoms with Crippen molar-refractivity contribution in [2.24, 2.45) is 0 Å². The van der Waals surface area contributed by atoms with Gasteiger partial charge >= 0.3 is 0 Å². The van der Waals surface area contributed by atoms with E-state index in [1.807, 2.05) is 48.7 Å². The summed E-state index contributed by atoms with van der Waals surface area (Å²) in [4.78, 5) is 0. The van der Waals surface area contributed by atoms with Gasteiger partial charge in [-0.15, -0.1) is 0 Å². The number of nitrogens with zero attached hydrogens (tertiary/aromatic N) is 1. The number of halogens is 1. The Kier molecular flexibility index (Phi) is 3.86. The molecule has 0 saturated carbocycles. The molecule has 4 heteroatoms. The van der Waals surface area contributed by atoms with E-state index in [1.54, 1.807) is 7.11 Å². The van der Waals surface area contributed by atoms with Crippen LogP contribution in [0.2, 0.25) is 5.02 Å². The maximum absolute atomic E-state index is 9.49. The van der Waals surface area contributed by atoms with E-state index in [-0.39, 0.29) is 6.61 Å². The lowest BCUT2D eigenvalue weighted by Gasteiger charge is -2.07. The van der Waals surface area contributed by atoms with Crippen molar-refractivity contribution in [3.8, 4) is 5.75 Å². The Morgan fingerprint density at radius 1 is 1.14 bits per heavy atom.